The van der Waals surface area contributed by atoms with Crippen molar-refractivity contribution < 1.29 is 5.11 Å². The number of aliphatic hydroxyl groups excluding tert-OH is 1. The molecule has 2 aliphatic carbocycles. The fourth-order valence-electron chi connectivity index (χ4n) is 3.01. The van der Waals surface area contributed by atoms with Gasteiger partial charge in [-0.1, -0.05) is 38.5 Å². The van der Waals surface area contributed by atoms with Crippen molar-refractivity contribution in [2.75, 3.05) is 0 Å². The highest BCUT2D eigenvalue weighted by Gasteiger charge is 2.32. The van der Waals surface area contributed by atoms with Gasteiger partial charge in [0.2, 0.25) is 0 Å². The second-order valence-corrected chi connectivity index (χ2v) is 4.71. The maximum Gasteiger partial charge on any atom is 0.0726 e. The number of rotatable bonds is 1. The lowest BCUT2D eigenvalue weighted by molar-refractivity contribution is 0.168. The molecule has 0 aliphatic heterocycles. The van der Waals surface area contributed by atoms with Crippen molar-refractivity contribution in [1.82, 2.24) is 0 Å². The van der Waals surface area contributed by atoms with Crippen molar-refractivity contribution >= 4 is 0 Å². The van der Waals surface area contributed by atoms with E-state index in [0.29, 0.717) is 11.8 Å². The van der Waals surface area contributed by atoms with Crippen LogP contribution in [0.3, 0.4) is 0 Å². The van der Waals surface area contributed by atoms with Crippen LogP contribution in [-0.4, -0.2) is 11.2 Å². The molecule has 0 radical (unpaired) electrons. The second-order valence-electron chi connectivity index (χ2n) is 4.71. The van der Waals surface area contributed by atoms with Crippen LogP contribution in [0.5, 0.6) is 0 Å². The molecule has 14 heavy (non-hydrogen) atoms. The molecule has 0 bridgehead atoms. The van der Waals surface area contributed by atoms with E-state index in [2.05, 4.69) is 32.1 Å². The molecular weight excluding hydrogens is 172 g/mol. The van der Waals surface area contributed by atoms with Gasteiger partial charge in [0.25, 0.3) is 0 Å². The lowest BCUT2D eigenvalue weighted by atomic mass is 9.68. The number of hydrogen-bond donors (Lipinski definition) is 1. The zero-order valence-corrected chi connectivity index (χ0v) is 9.11. The van der Waals surface area contributed by atoms with E-state index < -0.39 is 0 Å². The van der Waals surface area contributed by atoms with Crippen molar-refractivity contribution in [3.63, 3.8) is 0 Å². The van der Waals surface area contributed by atoms with E-state index in [0.717, 1.165) is 12.3 Å². The van der Waals surface area contributed by atoms with Gasteiger partial charge in [-0.05, 0) is 36.2 Å². The lowest BCUT2D eigenvalue weighted by Gasteiger charge is -2.37. The first kappa shape index (κ1) is 9.97. The molecule has 0 amide bonds. The number of aliphatic hydroxyl groups is 1. The minimum absolute atomic E-state index is 0.197. The van der Waals surface area contributed by atoms with E-state index in [1.807, 2.05) is 0 Å². The second kappa shape index (κ2) is 3.90. The van der Waals surface area contributed by atoms with Gasteiger partial charge in [-0.25, -0.2) is 0 Å². The molecule has 0 saturated carbocycles. The van der Waals surface area contributed by atoms with E-state index in [9.17, 15) is 5.11 Å². The molecule has 4 atom stereocenters. The highest BCUT2D eigenvalue weighted by molar-refractivity contribution is 5.30. The van der Waals surface area contributed by atoms with Crippen LogP contribution in [0.2, 0.25) is 0 Å². The summed E-state index contributed by atoms with van der Waals surface area (Å²) in [5.41, 5.74) is 1.38. The summed E-state index contributed by atoms with van der Waals surface area (Å²) in [6.07, 6.45) is 9.75. The lowest BCUT2D eigenvalue weighted by Crippen LogP contribution is -2.29. The zero-order chi connectivity index (χ0) is 10.1. The maximum atomic E-state index is 9.56. The number of allylic oxidation sites excluding steroid dienone is 3. The molecule has 0 aromatic rings. The third-order valence-corrected chi connectivity index (χ3v) is 3.84. The molecule has 0 aromatic carbocycles. The van der Waals surface area contributed by atoms with Crippen molar-refractivity contribution in [3.8, 4) is 0 Å². The van der Waals surface area contributed by atoms with Gasteiger partial charge in [-0.2, -0.15) is 0 Å². The quantitative estimate of drug-likeness (QED) is 0.677. The molecular formula is C13H20O. The number of fused-ring (bicyclic) bond motifs is 1. The van der Waals surface area contributed by atoms with Crippen LogP contribution in [-0.2, 0) is 0 Å². The Morgan fingerprint density at radius 2 is 2.21 bits per heavy atom. The van der Waals surface area contributed by atoms with Crippen molar-refractivity contribution in [2.45, 2.75) is 39.2 Å². The third-order valence-electron chi connectivity index (χ3n) is 3.84. The summed E-state index contributed by atoms with van der Waals surface area (Å²) in [4.78, 5) is 0. The predicted molar refractivity (Wildman–Crippen MR) is 58.9 cm³/mol. The average Bonchev–Trinajstić information content (AvgIpc) is 2.18. The van der Waals surface area contributed by atoms with Gasteiger partial charge in [0.15, 0.2) is 0 Å². The summed E-state index contributed by atoms with van der Waals surface area (Å²) in [7, 11) is 0. The molecule has 2 aliphatic rings. The maximum absolute atomic E-state index is 9.56. The highest BCUT2D eigenvalue weighted by atomic mass is 16.3. The molecule has 78 valence electrons. The molecule has 1 nitrogen and oxygen atoms in total. The first-order valence-corrected chi connectivity index (χ1v) is 5.80. The van der Waals surface area contributed by atoms with Gasteiger partial charge >= 0.3 is 0 Å². The normalized spacial score (nSPS) is 41.8. The van der Waals surface area contributed by atoms with E-state index in [1.165, 1.54) is 18.4 Å². The van der Waals surface area contributed by atoms with Crippen LogP contribution in [0.15, 0.2) is 23.8 Å². The van der Waals surface area contributed by atoms with E-state index >= 15 is 0 Å². The summed E-state index contributed by atoms with van der Waals surface area (Å²) in [6, 6.07) is 0. The van der Waals surface area contributed by atoms with Crippen molar-refractivity contribution in [3.05, 3.63) is 23.8 Å². The van der Waals surface area contributed by atoms with Gasteiger partial charge in [0, 0.05) is 0 Å². The Bertz CT molecular complexity index is 264. The Morgan fingerprint density at radius 3 is 2.93 bits per heavy atom. The molecule has 2 rings (SSSR count). The Morgan fingerprint density at radius 1 is 1.43 bits per heavy atom. The van der Waals surface area contributed by atoms with Crippen LogP contribution in [0.4, 0.5) is 0 Å². The van der Waals surface area contributed by atoms with Gasteiger partial charge in [-0.3, -0.25) is 0 Å². The smallest absolute Gasteiger partial charge is 0.0726 e. The molecule has 0 aromatic heterocycles. The summed E-state index contributed by atoms with van der Waals surface area (Å²) in [5, 5.41) is 9.56. The predicted octanol–water partition coefficient (Wildman–Crippen LogP) is 2.92. The fraction of sp³-hybridized carbons (Fsp3) is 0.692. The first-order valence-electron chi connectivity index (χ1n) is 5.80. The number of hydrogen-bond acceptors (Lipinski definition) is 1. The van der Waals surface area contributed by atoms with Crippen LogP contribution >= 0.6 is 0 Å². The summed E-state index contributed by atoms with van der Waals surface area (Å²) >= 11 is 0. The molecule has 0 heterocycles. The van der Waals surface area contributed by atoms with Crippen LogP contribution in [0.25, 0.3) is 0 Å². The first-order chi connectivity index (χ1) is 6.72. The topological polar surface area (TPSA) is 20.2 Å². The summed E-state index contributed by atoms with van der Waals surface area (Å²) in [5.74, 6) is 2.21. The van der Waals surface area contributed by atoms with Gasteiger partial charge in [0.1, 0.15) is 0 Å². The largest absolute Gasteiger partial charge is 0.389 e. The minimum Gasteiger partial charge on any atom is -0.389 e. The van der Waals surface area contributed by atoms with Gasteiger partial charge in [0.05, 0.1) is 6.10 Å². The summed E-state index contributed by atoms with van der Waals surface area (Å²) < 4.78 is 0. The van der Waals surface area contributed by atoms with Crippen LogP contribution in [0.1, 0.15) is 33.1 Å². The van der Waals surface area contributed by atoms with E-state index in [1.54, 1.807) is 0 Å². The Hall–Kier alpha value is -0.560. The molecule has 0 saturated heterocycles. The van der Waals surface area contributed by atoms with Crippen LogP contribution in [0, 0.1) is 17.8 Å². The minimum atomic E-state index is -0.197. The van der Waals surface area contributed by atoms with Crippen molar-refractivity contribution in [2.24, 2.45) is 17.8 Å². The molecule has 1 heteroatoms. The molecule has 0 fully saturated rings. The molecule has 0 spiro atoms. The zero-order valence-electron chi connectivity index (χ0n) is 9.11. The average molecular weight is 192 g/mol. The van der Waals surface area contributed by atoms with Crippen molar-refractivity contribution in [1.29, 1.82) is 0 Å². The van der Waals surface area contributed by atoms with Gasteiger partial charge in [-0.15, -0.1) is 0 Å². The molecule has 1 N–H and O–H groups in total. The van der Waals surface area contributed by atoms with Crippen LogP contribution < -0.4 is 0 Å². The SMILES string of the molecule is CC[C@H]1[C@@H](C)C=CC2=CC(O)CC[C@@H]21. The summed E-state index contributed by atoms with van der Waals surface area (Å²) in [6.45, 7) is 4.59. The standard InChI is InChI=1S/C13H20O/c1-3-12-9(2)4-5-10-8-11(14)6-7-13(10)12/h4-5,8-9,11-14H,3,6-7H2,1-2H3/t9-,11?,12-,13-/m0/s1. The Kier molecular flexibility index (Phi) is 2.78. The fourth-order valence-corrected chi connectivity index (χ4v) is 3.01. The Labute approximate surface area is 86.5 Å². The third kappa shape index (κ3) is 1.66. The van der Waals surface area contributed by atoms with Gasteiger partial charge < -0.3 is 5.11 Å². The highest BCUT2D eigenvalue weighted by Crippen LogP contribution is 2.41. The van der Waals surface area contributed by atoms with E-state index in [4.69, 9.17) is 0 Å². The van der Waals surface area contributed by atoms with E-state index in [-0.39, 0.29) is 6.10 Å². The Balaban J connectivity index is 2.26. The molecule has 1 unspecified atom stereocenters. The monoisotopic (exact) mass is 192 g/mol.